The Labute approximate surface area is 132 Å². The third-order valence-corrected chi connectivity index (χ3v) is 3.90. The van der Waals surface area contributed by atoms with Gasteiger partial charge in [-0.15, -0.1) is 0 Å². The van der Waals surface area contributed by atoms with Crippen LogP contribution in [0.5, 0.6) is 0 Å². The van der Waals surface area contributed by atoms with Crippen LogP contribution in [-0.2, 0) is 13.6 Å². The van der Waals surface area contributed by atoms with Crippen molar-refractivity contribution in [3.63, 3.8) is 0 Å². The molecule has 0 saturated carbocycles. The van der Waals surface area contributed by atoms with Gasteiger partial charge in [0.1, 0.15) is 10.8 Å². The Morgan fingerprint density at radius 2 is 2.05 bits per heavy atom. The molecule has 0 saturated heterocycles. The normalized spacial score (nSPS) is 10.7. The molecule has 1 N–H and O–H groups in total. The predicted molar refractivity (Wildman–Crippen MR) is 84.4 cm³/mol. The number of pyridine rings is 1. The van der Waals surface area contributed by atoms with E-state index < -0.39 is 0 Å². The lowest BCUT2D eigenvalue weighted by Crippen LogP contribution is -2.21. The van der Waals surface area contributed by atoms with Crippen LogP contribution in [0.1, 0.15) is 23.8 Å². The standard InChI is InChI=1S/C14H15Cl2N3O2/c1-3-6-19-8-9(4-5-12(19)20)17-14(21)11-7-10(15)13(16)18(11)2/h4-5,7-8H,3,6H2,1-2H3,(H,17,21). The number of nitrogens with zero attached hydrogens (tertiary/aromatic N) is 2. The van der Waals surface area contributed by atoms with E-state index in [4.69, 9.17) is 23.2 Å². The van der Waals surface area contributed by atoms with Crippen molar-refractivity contribution < 1.29 is 4.79 Å². The number of nitrogens with one attached hydrogen (secondary N) is 1. The highest BCUT2D eigenvalue weighted by atomic mass is 35.5. The second-order valence-electron chi connectivity index (χ2n) is 4.63. The Balaban J connectivity index is 2.25. The lowest BCUT2D eigenvalue weighted by molar-refractivity contribution is 0.101. The molecule has 0 radical (unpaired) electrons. The first-order valence-electron chi connectivity index (χ1n) is 6.46. The van der Waals surface area contributed by atoms with E-state index in [2.05, 4.69) is 5.32 Å². The highest BCUT2D eigenvalue weighted by Crippen LogP contribution is 2.25. The minimum absolute atomic E-state index is 0.0974. The quantitative estimate of drug-likeness (QED) is 0.937. The van der Waals surface area contributed by atoms with Crippen molar-refractivity contribution in [3.8, 4) is 0 Å². The molecule has 0 unspecified atom stereocenters. The summed E-state index contributed by atoms with van der Waals surface area (Å²) in [6.07, 6.45) is 2.45. The number of hydrogen-bond donors (Lipinski definition) is 1. The van der Waals surface area contributed by atoms with Crippen LogP contribution >= 0.6 is 23.2 Å². The number of aromatic nitrogens is 2. The fraction of sp³-hybridized carbons (Fsp3) is 0.286. The molecule has 0 aliphatic heterocycles. The summed E-state index contributed by atoms with van der Waals surface area (Å²) in [5.74, 6) is -0.340. The summed E-state index contributed by atoms with van der Waals surface area (Å²) in [4.78, 5) is 23.8. The van der Waals surface area contributed by atoms with Gasteiger partial charge in [0, 0.05) is 25.9 Å². The van der Waals surface area contributed by atoms with Gasteiger partial charge in [0.2, 0.25) is 0 Å². The van der Waals surface area contributed by atoms with Crippen LogP contribution in [0.3, 0.4) is 0 Å². The van der Waals surface area contributed by atoms with Crippen molar-refractivity contribution in [2.75, 3.05) is 5.32 Å². The SMILES string of the molecule is CCCn1cc(NC(=O)c2cc(Cl)c(Cl)n2C)ccc1=O. The number of aryl methyl sites for hydroxylation is 1. The molecule has 0 aliphatic carbocycles. The van der Waals surface area contributed by atoms with Crippen LogP contribution in [0, 0.1) is 0 Å². The maximum Gasteiger partial charge on any atom is 0.272 e. The summed E-state index contributed by atoms with van der Waals surface area (Å²) in [6, 6.07) is 4.50. The number of carbonyl (C=O) groups is 1. The van der Waals surface area contributed by atoms with Crippen LogP contribution in [0.2, 0.25) is 10.2 Å². The molecule has 2 aromatic rings. The summed E-state index contributed by atoms with van der Waals surface area (Å²) in [5, 5.41) is 3.35. The molecular formula is C14H15Cl2N3O2. The molecule has 2 aromatic heterocycles. The van der Waals surface area contributed by atoms with E-state index in [9.17, 15) is 9.59 Å². The van der Waals surface area contributed by atoms with Gasteiger partial charge in [0.15, 0.2) is 0 Å². The monoisotopic (exact) mass is 327 g/mol. The molecule has 0 fully saturated rings. The molecule has 0 atom stereocenters. The maximum absolute atomic E-state index is 12.2. The molecule has 5 nitrogen and oxygen atoms in total. The smallest absolute Gasteiger partial charge is 0.272 e. The minimum atomic E-state index is -0.340. The molecule has 2 heterocycles. The zero-order valence-corrected chi connectivity index (χ0v) is 13.2. The summed E-state index contributed by atoms with van der Waals surface area (Å²) < 4.78 is 3.06. The van der Waals surface area contributed by atoms with Gasteiger partial charge in [-0.3, -0.25) is 9.59 Å². The fourth-order valence-electron chi connectivity index (χ4n) is 1.98. The zero-order valence-electron chi connectivity index (χ0n) is 11.7. The largest absolute Gasteiger partial charge is 0.329 e. The van der Waals surface area contributed by atoms with Gasteiger partial charge in [0.25, 0.3) is 11.5 Å². The molecule has 7 heteroatoms. The lowest BCUT2D eigenvalue weighted by Gasteiger charge is -2.09. The Bertz CT molecular complexity index is 734. The maximum atomic E-state index is 12.2. The Morgan fingerprint density at radius 1 is 1.33 bits per heavy atom. The van der Waals surface area contributed by atoms with Gasteiger partial charge >= 0.3 is 0 Å². The number of amides is 1. The van der Waals surface area contributed by atoms with Crippen LogP contribution < -0.4 is 10.9 Å². The number of hydrogen-bond acceptors (Lipinski definition) is 2. The number of carbonyl (C=O) groups excluding carboxylic acids is 1. The van der Waals surface area contributed by atoms with E-state index in [0.29, 0.717) is 28.1 Å². The summed E-state index contributed by atoms with van der Waals surface area (Å²) in [7, 11) is 1.65. The molecule has 1 amide bonds. The summed E-state index contributed by atoms with van der Waals surface area (Å²) in [6.45, 7) is 2.58. The van der Waals surface area contributed by atoms with Crippen molar-refractivity contribution in [2.45, 2.75) is 19.9 Å². The van der Waals surface area contributed by atoms with Crippen molar-refractivity contribution in [1.82, 2.24) is 9.13 Å². The van der Waals surface area contributed by atoms with E-state index in [1.165, 1.54) is 16.7 Å². The van der Waals surface area contributed by atoms with Crippen LogP contribution in [-0.4, -0.2) is 15.0 Å². The number of anilines is 1. The van der Waals surface area contributed by atoms with E-state index in [0.717, 1.165) is 6.42 Å². The van der Waals surface area contributed by atoms with Crippen molar-refractivity contribution in [3.05, 3.63) is 50.6 Å². The van der Waals surface area contributed by atoms with Crippen LogP contribution in [0.25, 0.3) is 0 Å². The van der Waals surface area contributed by atoms with Crippen LogP contribution in [0.15, 0.2) is 29.2 Å². The number of halogens is 2. The lowest BCUT2D eigenvalue weighted by atomic mass is 10.3. The van der Waals surface area contributed by atoms with E-state index in [1.807, 2.05) is 6.92 Å². The summed E-state index contributed by atoms with van der Waals surface area (Å²) >= 11 is 11.8. The number of rotatable bonds is 4. The van der Waals surface area contributed by atoms with E-state index >= 15 is 0 Å². The third kappa shape index (κ3) is 3.31. The first-order valence-corrected chi connectivity index (χ1v) is 7.22. The Hall–Kier alpha value is -1.72. The Kier molecular flexibility index (Phi) is 4.75. The van der Waals surface area contributed by atoms with Gasteiger partial charge in [-0.2, -0.15) is 0 Å². The van der Waals surface area contributed by atoms with Crippen molar-refractivity contribution >= 4 is 34.8 Å². The molecule has 0 spiro atoms. The molecule has 112 valence electrons. The third-order valence-electron chi connectivity index (χ3n) is 3.05. The zero-order chi connectivity index (χ0) is 15.6. The predicted octanol–water partition coefficient (Wildman–Crippen LogP) is 3.16. The molecular weight excluding hydrogens is 313 g/mol. The Morgan fingerprint density at radius 3 is 2.62 bits per heavy atom. The highest BCUT2D eigenvalue weighted by molar-refractivity contribution is 6.42. The van der Waals surface area contributed by atoms with Crippen LogP contribution in [0.4, 0.5) is 5.69 Å². The molecule has 2 rings (SSSR count). The van der Waals surface area contributed by atoms with Gasteiger partial charge < -0.3 is 14.5 Å². The average molecular weight is 328 g/mol. The highest BCUT2D eigenvalue weighted by Gasteiger charge is 2.16. The van der Waals surface area contributed by atoms with Gasteiger partial charge in [-0.25, -0.2) is 0 Å². The van der Waals surface area contributed by atoms with E-state index in [-0.39, 0.29) is 11.5 Å². The van der Waals surface area contributed by atoms with Crippen molar-refractivity contribution in [1.29, 1.82) is 0 Å². The van der Waals surface area contributed by atoms with Gasteiger partial charge in [-0.1, -0.05) is 30.1 Å². The second-order valence-corrected chi connectivity index (χ2v) is 5.40. The van der Waals surface area contributed by atoms with Gasteiger partial charge in [0.05, 0.1) is 10.7 Å². The molecule has 0 aromatic carbocycles. The van der Waals surface area contributed by atoms with Gasteiger partial charge in [-0.05, 0) is 18.6 Å². The minimum Gasteiger partial charge on any atom is -0.329 e. The van der Waals surface area contributed by atoms with E-state index in [1.54, 1.807) is 23.9 Å². The molecule has 0 bridgehead atoms. The molecule has 21 heavy (non-hydrogen) atoms. The topological polar surface area (TPSA) is 56.0 Å². The molecule has 0 aliphatic rings. The second kappa shape index (κ2) is 6.37. The van der Waals surface area contributed by atoms with Crippen molar-refractivity contribution in [2.24, 2.45) is 7.05 Å². The first-order chi connectivity index (χ1) is 9.93. The first kappa shape index (κ1) is 15.7. The summed E-state index contributed by atoms with van der Waals surface area (Å²) in [5.41, 5.74) is 0.791. The fourth-order valence-corrected chi connectivity index (χ4v) is 2.35. The average Bonchev–Trinajstić information content (AvgIpc) is 2.70.